The van der Waals surface area contributed by atoms with Crippen molar-refractivity contribution in [2.75, 3.05) is 13.1 Å². The van der Waals surface area contributed by atoms with Gasteiger partial charge in [-0.15, -0.1) is 0 Å². The van der Waals surface area contributed by atoms with Crippen LogP contribution in [0.4, 0.5) is 0 Å². The molecular formula is C20H18ClN5O3. The summed E-state index contributed by atoms with van der Waals surface area (Å²) in [6, 6.07) is 11.5. The van der Waals surface area contributed by atoms with Gasteiger partial charge in [0.05, 0.1) is 18.1 Å². The Balaban J connectivity index is 1.46. The lowest BCUT2D eigenvalue weighted by Gasteiger charge is -2.39. The molecule has 9 heteroatoms. The molecule has 3 aromatic rings. The zero-order chi connectivity index (χ0) is 20.5. The standard InChI is InChI=1S/C20H18ClN5O3/c1-13-8-19(28)25(12-22-13)11-20(29)24-9-16(10-24)26-18(27)7-6-17(23-26)14-2-4-15(21)5-3-14/h2-8,12,16H,9-11H2,1H3. The number of carbonyl (C=O) groups is 1. The first-order valence-electron chi connectivity index (χ1n) is 9.07. The lowest BCUT2D eigenvalue weighted by molar-refractivity contribution is -0.138. The molecular weight excluding hydrogens is 394 g/mol. The van der Waals surface area contributed by atoms with Gasteiger partial charge in [0.15, 0.2) is 0 Å². The van der Waals surface area contributed by atoms with Gasteiger partial charge >= 0.3 is 0 Å². The number of likely N-dealkylation sites (tertiary alicyclic amines) is 1. The number of halogens is 1. The summed E-state index contributed by atoms with van der Waals surface area (Å²) in [4.78, 5) is 42.2. The molecule has 0 saturated carbocycles. The van der Waals surface area contributed by atoms with E-state index in [-0.39, 0.29) is 29.6 Å². The molecule has 1 aliphatic rings. The maximum atomic E-state index is 12.4. The van der Waals surface area contributed by atoms with Crippen molar-refractivity contribution in [2.24, 2.45) is 0 Å². The minimum absolute atomic E-state index is 0.0774. The van der Waals surface area contributed by atoms with Crippen molar-refractivity contribution >= 4 is 17.5 Å². The minimum Gasteiger partial charge on any atom is -0.337 e. The molecule has 8 nitrogen and oxygen atoms in total. The Kier molecular flexibility index (Phi) is 5.02. The van der Waals surface area contributed by atoms with E-state index in [2.05, 4.69) is 10.1 Å². The lowest BCUT2D eigenvalue weighted by Crippen LogP contribution is -2.54. The predicted octanol–water partition coefficient (Wildman–Crippen LogP) is 1.51. The number of aryl methyl sites for hydroxylation is 1. The molecule has 148 valence electrons. The number of aromatic nitrogens is 4. The van der Waals surface area contributed by atoms with Crippen LogP contribution >= 0.6 is 11.6 Å². The van der Waals surface area contributed by atoms with Gasteiger partial charge in [-0.1, -0.05) is 23.7 Å². The van der Waals surface area contributed by atoms with Crippen LogP contribution < -0.4 is 11.1 Å². The van der Waals surface area contributed by atoms with Crippen LogP contribution in [0.3, 0.4) is 0 Å². The number of benzene rings is 1. The second kappa shape index (κ2) is 7.63. The maximum Gasteiger partial charge on any atom is 0.267 e. The first-order chi connectivity index (χ1) is 13.9. The maximum absolute atomic E-state index is 12.4. The Bertz CT molecular complexity index is 1180. The number of hydrogen-bond donors (Lipinski definition) is 0. The summed E-state index contributed by atoms with van der Waals surface area (Å²) in [6.45, 7) is 2.37. The Morgan fingerprint density at radius 1 is 1.10 bits per heavy atom. The Hall–Kier alpha value is -3.26. The fraction of sp³-hybridized carbons (Fsp3) is 0.250. The molecule has 0 aliphatic carbocycles. The molecule has 0 bridgehead atoms. The van der Waals surface area contributed by atoms with Crippen LogP contribution in [0.15, 0.2) is 58.4 Å². The normalized spacial score (nSPS) is 13.9. The summed E-state index contributed by atoms with van der Waals surface area (Å²) in [6.07, 6.45) is 1.37. The summed E-state index contributed by atoms with van der Waals surface area (Å²) in [5.41, 5.74) is 1.62. The van der Waals surface area contributed by atoms with Crippen LogP contribution in [0.2, 0.25) is 5.02 Å². The molecule has 0 radical (unpaired) electrons. The molecule has 0 spiro atoms. The van der Waals surface area contributed by atoms with E-state index in [0.717, 1.165) is 5.56 Å². The molecule has 3 heterocycles. The molecule has 1 fully saturated rings. The average molecular weight is 412 g/mol. The lowest BCUT2D eigenvalue weighted by atomic mass is 10.1. The van der Waals surface area contributed by atoms with Crippen LogP contribution in [-0.4, -0.2) is 43.2 Å². The van der Waals surface area contributed by atoms with Gasteiger partial charge in [-0.3, -0.25) is 19.0 Å². The number of nitrogens with zero attached hydrogens (tertiary/aromatic N) is 5. The van der Waals surface area contributed by atoms with Crippen molar-refractivity contribution in [2.45, 2.75) is 19.5 Å². The predicted molar refractivity (Wildman–Crippen MR) is 108 cm³/mol. The Morgan fingerprint density at radius 2 is 1.83 bits per heavy atom. The van der Waals surface area contributed by atoms with E-state index in [4.69, 9.17) is 11.6 Å². The van der Waals surface area contributed by atoms with Gasteiger partial charge in [0.25, 0.3) is 11.1 Å². The minimum atomic E-state index is -0.267. The number of carbonyl (C=O) groups excluding carboxylic acids is 1. The van der Waals surface area contributed by atoms with Crippen LogP contribution in [0, 0.1) is 6.92 Å². The van der Waals surface area contributed by atoms with Crippen molar-refractivity contribution in [3.05, 3.63) is 80.2 Å². The Morgan fingerprint density at radius 3 is 2.52 bits per heavy atom. The molecule has 0 atom stereocenters. The van der Waals surface area contributed by atoms with E-state index < -0.39 is 0 Å². The van der Waals surface area contributed by atoms with Gasteiger partial charge in [0.1, 0.15) is 6.54 Å². The van der Waals surface area contributed by atoms with Crippen LogP contribution in [0.1, 0.15) is 11.7 Å². The summed E-state index contributed by atoms with van der Waals surface area (Å²) >= 11 is 5.92. The largest absolute Gasteiger partial charge is 0.337 e. The third-order valence-corrected chi connectivity index (χ3v) is 5.10. The molecule has 2 aromatic heterocycles. The molecule has 29 heavy (non-hydrogen) atoms. The van der Waals surface area contributed by atoms with Crippen molar-refractivity contribution < 1.29 is 4.79 Å². The number of hydrogen-bond acceptors (Lipinski definition) is 5. The van der Waals surface area contributed by atoms with Crippen molar-refractivity contribution in [3.63, 3.8) is 0 Å². The topological polar surface area (TPSA) is 90.1 Å². The summed E-state index contributed by atoms with van der Waals surface area (Å²) < 4.78 is 2.68. The van der Waals surface area contributed by atoms with E-state index in [9.17, 15) is 14.4 Å². The molecule has 1 amide bonds. The highest BCUT2D eigenvalue weighted by molar-refractivity contribution is 6.30. The Labute approximate surface area is 171 Å². The molecule has 1 aliphatic heterocycles. The van der Waals surface area contributed by atoms with Gasteiger partial charge in [-0.05, 0) is 25.1 Å². The quantitative estimate of drug-likeness (QED) is 0.649. The van der Waals surface area contributed by atoms with Gasteiger partial charge in [0.2, 0.25) is 5.91 Å². The summed E-state index contributed by atoms with van der Waals surface area (Å²) in [5.74, 6) is -0.198. The first kappa shape index (κ1) is 19.1. The van der Waals surface area contributed by atoms with Crippen LogP contribution in [-0.2, 0) is 11.3 Å². The molecule has 0 unspecified atom stereocenters. The first-order valence-corrected chi connectivity index (χ1v) is 9.45. The van der Waals surface area contributed by atoms with Gasteiger partial charge in [-0.2, -0.15) is 5.10 Å². The smallest absolute Gasteiger partial charge is 0.267 e. The number of rotatable bonds is 4. The fourth-order valence-corrected chi connectivity index (χ4v) is 3.28. The second-order valence-corrected chi connectivity index (χ2v) is 7.39. The molecule has 4 rings (SSSR count). The third-order valence-electron chi connectivity index (χ3n) is 4.85. The molecule has 1 aromatic carbocycles. The molecule has 1 saturated heterocycles. The zero-order valence-electron chi connectivity index (χ0n) is 15.7. The summed E-state index contributed by atoms with van der Waals surface area (Å²) in [7, 11) is 0. The van der Waals surface area contributed by atoms with Crippen molar-refractivity contribution in [3.8, 4) is 11.3 Å². The molecule has 0 N–H and O–H groups in total. The van der Waals surface area contributed by atoms with E-state index in [0.29, 0.717) is 29.5 Å². The van der Waals surface area contributed by atoms with E-state index in [1.807, 2.05) is 12.1 Å². The summed E-state index contributed by atoms with van der Waals surface area (Å²) in [5, 5.41) is 5.08. The van der Waals surface area contributed by atoms with E-state index >= 15 is 0 Å². The highest BCUT2D eigenvalue weighted by Crippen LogP contribution is 2.22. The van der Waals surface area contributed by atoms with E-state index in [1.54, 1.807) is 30.0 Å². The van der Waals surface area contributed by atoms with Crippen molar-refractivity contribution in [1.29, 1.82) is 0 Å². The van der Waals surface area contributed by atoms with Gasteiger partial charge in [-0.25, -0.2) is 9.67 Å². The SMILES string of the molecule is Cc1cc(=O)n(CC(=O)N2CC(n3nc(-c4ccc(Cl)cc4)ccc3=O)C2)cn1. The zero-order valence-corrected chi connectivity index (χ0v) is 16.4. The van der Waals surface area contributed by atoms with Gasteiger partial charge < -0.3 is 4.90 Å². The third kappa shape index (κ3) is 3.97. The van der Waals surface area contributed by atoms with Crippen LogP contribution in [0.5, 0.6) is 0 Å². The van der Waals surface area contributed by atoms with Gasteiger partial charge in [0, 0.05) is 41.5 Å². The second-order valence-electron chi connectivity index (χ2n) is 6.96. The number of amides is 1. The van der Waals surface area contributed by atoms with Crippen LogP contribution in [0.25, 0.3) is 11.3 Å². The van der Waals surface area contributed by atoms with E-state index in [1.165, 1.54) is 27.7 Å². The monoisotopic (exact) mass is 411 g/mol. The highest BCUT2D eigenvalue weighted by Gasteiger charge is 2.33. The average Bonchev–Trinajstić information content (AvgIpc) is 2.65. The fourth-order valence-electron chi connectivity index (χ4n) is 3.16. The highest BCUT2D eigenvalue weighted by atomic mass is 35.5. The van der Waals surface area contributed by atoms with Crippen molar-refractivity contribution in [1.82, 2.24) is 24.2 Å².